The summed E-state index contributed by atoms with van der Waals surface area (Å²) in [7, 11) is 0. The summed E-state index contributed by atoms with van der Waals surface area (Å²) in [5, 5.41) is 0. The summed E-state index contributed by atoms with van der Waals surface area (Å²) in [4.78, 5) is 11.4. The van der Waals surface area contributed by atoms with Gasteiger partial charge in [0.1, 0.15) is 5.83 Å². The first-order valence-corrected chi connectivity index (χ1v) is 4.63. The maximum absolute atomic E-state index is 13.5. The van der Waals surface area contributed by atoms with Crippen LogP contribution in [0.5, 0.6) is 0 Å². The molecular weight excluding hydrogens is 179 g/mol. The molecule has 78 valence electrons. The molecule has 0 amide bonds. The van der Waals surface area contributed by atoms with Crippen molar-refractivity contribution in [2.75, 3.05) is 0 Å². The van der Waals surface area contributed by atoms with Gasteiger partial charge in [-0.25, -0.2) is 4.39 Å². The molecular formula is C12H17FO. The SMILES string of the molecule is C=C(C)/C(F)=C(\C=C(C)C)C(=O)CC. The van der Waals surface area contributed by atoms with E-state index in [0.29, 0.717) is 12.0 Å². The Hall–Kier alpha value is -1.18. The normalized spacial score (nSPS) is 11.8. The Bertz CT molecular complexity index is 304. The van der Waals surface area contributed by atoms with E-state index in [1.807, 2.05) is 13.8 Å². The molecule has 0 aliphatic heterocycles. The highest BCUT2D eigenvalue weighted by Crippen LogP contribution is 2.18. The monoisotopic (exact) mass is 196 g/mol. The summed E-state index contributed by atoms with van der Waals surface area (Å²) < 4.78 is 13.5. The molecule has 0 rings (SSSR count). The number of carbonyl (C=O) groups excluding carboxylic acids is 1. The smallest absolute Gasteiger partial charge is 0.165 e. The molecule has 0 unspecified atom stereocenters. The summed E-state index contributed by atoms with van der Waals surface area (Å²) in [5.74, 6) is -0.690. The molecule has 0 aliphatic rings. The van der Waals surface area contributed by atoms with Crippen molar-refractivity contribution in [1.82, 2.24) is 0 Å². The average molecular weight is 196 g/mol. The Labute approximate surface area is 85.0 Å². The number of ketones is 1. The maximum atomic E-state index is 13.5. The lowest BCUT2D eigenvalue weighted by atomic mass is 10.0. The van der Waals surface area contributed by atoms with Crippen molar-refractivity contribution < 1.29 is 9.18 Å². The van der Waals surface area contributed by atoms with Crippen LogP contribution < -0.4 is 0 Å². The van der Waals surface area contributed by atoms with E-state index in [1.54, 1.807) is 19.9 Å². The van der Waals surface area contributed by atoms with Crippen LogP contribution in [0.1, 0.15) is 34.1 Å². The second kappa shape index (κ2) is 5.53. The molecule has 0 bridgehead atoms. The molecule has 0 fully saturated rings. The number of allylic oxidation sites excluding steroid dienone is 5. The predicted octanol–water partition coefficient (Wildman–Crippen LogP) is 3.73. The van der Waals surface area contributed by atoms with Crippen molar-refractivity contribution in [3.05, 3.63) is 35.2 Å². The second-order valence-electron chi connectivity index (χ2n) is 3.51. The van der Waals surface area contributed by atoms with Crippen molar-refractivity contribution >= 4 is 5.78 Å². The Balaban J connectivity index is 5.31. The van der Waals surface area contributed by atoms with E-state index in [9.17, 15) is 9.18 Å². The van der Waals surface area contributed by atoms with E-state index >= 15 is 0 Å². The molecule has 0 saturated heterocycles. The fraction of sp³-hybridized carbons (Fsp3) is 0.417. The Morgan fingerprint density at radius 3 is 2.14 bits per heavy atom. The van der Waals surface area contributed by atoms with Gasteiger partial charge in [0, 0.05) is 6.42 Å². The van der Waals surface area contributed by atoms with E-state index in [-0.39, 0.29) is 11.4 Å². The molecule has 0 heterocycles. The van der Waals surface area contributed by atoms with Gasteiger partial charge < -0.3 is 0 Å². The molecule has 0 radical (unpaired) electrons. The maximum Gasteiger partial charge on any atom is 0.165 e. The largest absolute Gasteiger partial charge is 0.294 e. The number of hydrogen-bond acceptors (Lipinski definition) is 1. The Morgan fingerprint density at radius 2 is 1.86 bits per heavy atom. The third-order valence-corrected chi connectivity index (χ3v) is 1.67. The summed E-state index contributed by atoms with van der Waals surface area (Å²) in [5.41, 5.74) is 1.33. The molecule has 14 heavy (non-hydrogen) atoms. The number of carbonyl (C=O) groups is 1. The van der Waals surface area contributed by atoms with Crippen LogP contribution >= 0.6 is 0 Å². The van der Waals surface area contributed by atoms with Crippen molar-refractivity contribution in [1.29, 1.82) is 0 Å². The van der Waals surface area contributed by atoms with Crippen LogP contribution in [0, 0.1) is 0 Å². The van der Waals surface area contributed by atoms with E-state index < -0.39 is 5.83 Å². The zero-order valence-electron chi connectivity index (χ0n) is 9.28. The molecule has 0 aromatic rings. The minimum Gasteiger partial charge on any atom is -0.294 e. The highest BCUT2D eigenvalue weighted by atomic mass is 19.1. The van der Waals surface area contributed by atoms with Gasteiger partial charge in [-0.2, -0.15) is 0 Å². The lowest BCUT2D eigenvalue weighted by Crippen LogP contribution is -2.01. The van der Waals surface area contributed by atoms with E-state index in [4.69, 9.17) is 0 Å². The standard InChI is InChI=1S/C12H17FO/c1-6-11(14)10(7-8(2)3)12(13)9(4)5/h7H,4,6H2,1-3,5H3/b12-10-. The van der Waals surface area contributed by atoms with Gasteiger partial charge in [0.25, 0.3) is 0 Å². The van der Waals surface area contributed by atoms with E-state index in [2.05, 4.69) is 6.58 Å². The predicted molar refractivity (Wildman–Crippen MR) is 57.7 cm³/mol. The molecule has 0 aromatic carbocycles. The molecule has 0 saturated carbocycles. The number of hydrogen-bond donors (Lipinski definition) is 0. The lowest BCUT2D eigenvalue weighted by molar-refractivity contribution is -0.115. The van der Waals surface area contributed by atoms with Crippen LogP contribution in [0.15, 0.2) is 35.2 Å². The van der Waals surface area contributed by atoms with Crippen molar-refractivity contribution in [2.24, 2.45) is 0 Å². The second-order valence-corrected chi connectivity index (χ2v) is 3.51. The number of rotatable bonds is 4. The topological polar surface area (TPSA) is 17.1 Å². The Morgan fingerprint density at radius 1 is 1.36 bits per heavy atom. The summed E-state index contributed by atoms with van der Waals surface area (Å²) >= 11 is 0. The Kier molecular flexibility index (Phi) is 5.06. The lowest BCUT2D eigenvalue weighted by Gasteiger charge is -2.03. The fourth-order valence-electron chi connectivity index (χ4n) is 0.975. The van der Waals surface area contributed by atoms with E-state index in [0.717, 1.165) is 5.57 Å². The van der Waals surface area contributed by atoms with Crippen LogP contribution in [0.25, 0.3) is 0 Å². The zero-order chi connectivity index (χ0) is 11.3. The summed E-state index contributed by atoms with van der Waals surface area (Å²) in [6, 6.07) is 0. The summed E-state index contributed by atoms with van der Waals surface area (Å²) in [6.07, 6.45) is 1.87. The first-order valence-electron chi connectivity index (χ1n) is 4.63. The molecule has 1 nitrogen and oxygen atoms in total. The van der Waals surface area contributed by atoms with Gasteiger partial charge >= 0.3 is 0 Å². The molecule has 0 atom stereocenters. The third-order valence-electron chi connectivity index (χ3n) is 1.67. The minimum absolute atomic E-state index is 0.139. The average Bonchev–Trinajstić information content (AvgIpc) is 2.11. The van der Waals surface area contributed by atoms with Crippen LogP contribution in [0.2, 0.25) is 0 Å². The molecule has 0 aromatic heterocycles. The van der Waals surface area contributed by atoms with Crippen molar-refractivity contribution in [2.45, 2.75) is 34.1 Å². The molecule has 0 spiro atoms. The number of Topliss-reactive ketones (excluding diaryl/α,β-unsaturated/α-hetero) is 1. The van der Waals surface area contributed by atoms with Gasteiger partial charge in [0.05, 0.1) is 5.57 Å². The first kappa shape index (κ1) is 12.8. The van der Waals surface area contributed by atoms with Gasteiger partial charge in [-0.05, 0) is 32.4 Å². The van der Waals surface area contributed by atoms with Crippen LogP contribution in [0.4, 0.5) is 4.39 Å². The fourth-order valence-corrected chi connectivity index (χ4v) is 0.975. The zero-order valence-corrected chi connectivity index (χ0v) is 9.28. The molecule has 0 aliphatic carbocycles. The molecule has 0 N–H and O–H groups in total. The highest BCUT2D eigenvalue weighted by molar-refractivity contribution is 5.98. The van der Waals surface area contributed by atoms with Crippen molar-refractivity contribution in [3.63, 3.8) is 0 Å². The minimum atomic E-state index is -0.502. The van der Waals surface area contributed by atoms with Gasteiger partial charge in [-0.1, -0.05) is 19.1 Å². The van der Waals surface area contributed by atoms with E-state index in [1.165, 1.54) is 0 Å². The van der Waals surface area contributed by atoms with Gasteiger partial charge in [0.2, 0.25) is 0 Å². The van der Waals surface area contributed by atoms with Gasteiger partial charge in [-0.3, -0.25) is 4.79 Å². The first-order chi connectivity index (χ1) is 6.40. The summed E-state index contributed by atoms with van der Waals surface area (Å²) in [6.45, 7) is 10.4. The highest BCUT2D eigenvalue weighted by Gasteiger charge is 2.11. The van der Waals surface area contributed by atoms with Crippen molar-refractivity contribution in [3.8, 4) is 0 Å². The van der Waals surface area contributed by atoms with Crippen LogP contribution in [-0.2, 0) is 4.79 Å². The van der Waals surface area contributed by atoms with Crippen LogP contribution in [-0.4, -0.2) is 5.78 Å². The van der Waals surface area contributed by atoms with Crippen LogP contribution in [0.3, 0.4) is 0 Å². The van der Waals surface area contributed by atoms with Gasteiger partial charge in [-0.15, -0.1) is 0 Å². The quantitative estimate of drug-likeness (QED) is 0.494. The third kappa shape index (κ3) is 3.69. The molecule has 2 heteroatoms. The van der Waals surface area contributed by atoms with Gasteiger partial charge in [0.15, 0.2) is 5.78 Å². The number of halogens is 1.